The van der Waals surface area contributed by atoms with Gasteiger partial charge in [0, 0.05) is 43.4 Å². The Morgan fingerprint density at radius 2 is 2.03 bits per heavy atom. The monoisotopic (exact) mass is 403 g/mol. The second-order valence-corrected chi connectivity index (χ2v) is 7.69. The van der Waals surface area contributed by atoms with E-state index in [-0.39, 0.29) is 18.4 Å². The Morgan fingerprint density at radius 3 is 2.80 bits per heavy atom. The molecule has 5 rings (SSSR count). The number of imidazole rings is 1. The Morgan fingerprint density at radius 1 is 1.20 bits per heavy atom. The highest BCUT2D eigenvalue weighted by atomic mass is 16.5. The molecule has 1 aliphatic rings. The lowest BCUT2D eigenvalue weighted by Gasteiger charge is -2.15. The fourth-order valence-electron chi connectivity index (χ4n) is 3.97. The van der Waals surface area contributed by atoms with E-state index in [9.17, 15) is 9.90 Å². The van der Waals surface area contributed by atoms with Crippen LogP contribution in [-0.4, -0.2) is 54.8 Å². The van der Waals surface area contributed by atoms with E-state index in [0.29, 0.717) is 29.7 Å². The molecule has 1 N–H and O–H groups in total. The van der Waals surface area contributed by atoms with Crippen LogP contribution in [0.1, 0.15) is 21.8 Å². The predicted octanol–water partition coefficient (Wildman–Crippen LogP) is 2.39. The number of carbonyl (C=O) groups is 1. The molecular formula is C22H21N5O3. The number of aryl methyl sites for hydroxylation is 1. The Kier molecular flexibility index (Phi) is 4.55. The van der Waals surface area contributed by atoms with Crippen LogP contribution in [0.5, 0.6) is 0 Å². The molecule has 2 atom stereocenters. The maximum Gasteiger partial charge on any atom is 0.255 e. The zero-order valence-corrected chi connectivity index (χ0v) is 16.5. The van der Waals surface area contributed by atoms with Crippen molar-refractivity contribution < 1.29 is 14.4 Å². The first kappa shape index (κ1) is 18.5. The van der Waals surface area contributed by atoms with Gasteiger partial charge in [-0.15, -0.1) is 0 Å². The van der Waals surface area contributed by atoms with Crippen LogP contribution in [0.25, 0.3) is 16.9 Å². The Balaban J connectivity index is 1.35. The molecule has 8 nitrogen and oxygen atoms in total. The normalized spacial score (nSPS) is 18.9. The summed E-state index contributed by atoms with van der Waals surface area (Å²) in [6, 6.07) is 13.4. The summed E-state index contributed by atoms with van der Waals surface area (Å²) < 4.78 is 7.14. The van der Waals surface area contributed by atoms with E-state index in [1.165, 1.54) is 0 Å². The molecule has 0 saturated carbocycles. The van der Waals surface area contributed by atoms with Crippen LogP contribution >= 0.6 is 0 Å². The number of aliphatic hydroxyl groups excluding tert-OH is 1. The zero-order valence-electron chi connectivity index (χ0n) is 16.5. The SMILES string of the molecule is Cc1cc(C[C@@H]2CN(C(=O)c3cnc4c(c3)ncn4-c3ccccc3)C[C@H]2O)on1. The van der Waals surface area contributed by atoms with Crippen LogP contribution in [0.2, 0.25) is 0 Å². The highest BCUT2D eigenvalue weighted by Gasteiger charge is 2.35. The fraction of sp³-hybridized carbons (Fsp3) is 0.273. The minimum absolute atomic E-state index is 0.0877. The number of hydrogen-bond donors (Lipinski definition) is 1. The molecule has 0 bridgehead atoms. The number of aliphatic hydroxyl groups is 1. The molecule has 1 aromatic carbocycles. The third-order valence-corrected chi connectivity index (χ3v) is 5.50. The van der Waals surface area contributed by atoms with Crippen molar-refractivity contribution in [3.05, 3.63) is 72.0 Å². The van der Waals surface area contributed by atoms with Crippen LogP contribution in [0.4, 0.5) is 0 Å². The molecule has 3 aromatic heterocycles. The van der Waals surface area contributed by atoms with E-state index in [4.69, 9.17) is 4.52 Å². The first-order valence-corrected chi connectivity index (χ1v) is 9.86. The molecule has 1 aliphatic heterocycles. The Labute approximate surface area is 172 Å². The molecule has 1 saturated heterocycles. The van der Waals surface area contributed by atoms with Crippen LogP contribution < -0.4 is 0 Å². The molecule has 0 spiro atoms. The van der Waals surface area contributed by atoms with E-state index in [1.54, 1.807) is 23.5 Å². The van der Waals surface area contributed by atoms with Gasteiger partial charge in [0.25, 0.3) is 5.91 Å². The maximum absolute atomic E-state index is 13.0. The first-order chi connectivity index (χ1) is 14.6. The molecule has 1 amide bonds. The zero-order chi connectivity index (χ0) is 20.7. The van der Waals surface area contributed by atoms with Gasteiger partial charge in [0.15, 0.2) is 5.65 Å². The summed E-state index contributed by atoms with van der Waals surface area (Å²) in [6.07, 6.45) is 3.22. The van der Waals surface area contributed by atoms with Gasteiger partial charge in [0.05, 0.1) is 17.4 Å². The minimum Gasteiger partial charge on any atom is -0.391 e. The first-order valence-electron chi connectivity index (χ1n) is 9.86. The van der Waals surface area contributed by atoms with Crippen LogP contribution in [0.15, 0.2) is 59.5 Å². The van der Waals surface area contributed by atoms with E-state index in [1.807, 2.05) is 47.9 Å². The van der Waals surface area contributed by atoms with Crippen LogP contribution in [0.3, 0.4) is 0 Å². The van der Waals surface area contributed by atoms with Gasteiger partial charge in [-0.05, 0) is 25.1 Å². The van der Waals surface area contributed by atoms with Gasteiger partial charge in [-0.3, -0.25) is 9.36 Å². The van der Waals surface area contributed by atoms with Gasteiger partial charge < -0.3 is 14.5 Å². The summed E-state index contributed by atoms with van der Waals surface area (Å²) in [5.74, 6) is 0.477. The number of para-hydroxylation sites is 1. The number of likely N-dealkylation sites (tertiary alicyclic amines) is 1. The van der Waals surface area contributed by atoms with Crippen molar-refractivity contribution in [2.45, 2.75) is 19.4 Å². The topological polar surface area (TPSA) is 97.3 Å². The third-order valence-electron chi connectivity index (χ3n) is 5.50. The van der Waals surface area contributed by atoms with E-state index < -0.39 is 6.10 Å². The smallest absolute Gasteiger partial charge is 0.255 e. The quantitative estimate of drug-likeness (QED) is 0.562. The number of β-amino-alcohol motifs (C(OH)–C–C–N with tert-alkyl or cyclic N) is 1. The highest BCUT2D eigenvalue weighted by molar-refractivity contribution is 5.96. The predicted molar refractivity (Wildman–Crippen MR) is 109 cm³/mol. The lowest BCUT2D eigenvalue weighted by Crippen LogP contribution is -2.29. The highest BCUT2D eigenvalue weighted by Crippen LogP contribution is 2.24. The van der Waals surface area contributed by atoms with Crippen molar-refractivity contribution >= 4 is 17.1 Å². The van der Waals surface area contributed by atoms with Crippen molar-refractivity contribution in [2.24, 2.45) is 5.92 Å². The molecule has 4 heterocycles. The Hall–Kier alpha value is -3.52. The van der Waals surface area contributed by atoms with Crippen molar-refractivity contribution in [3.63, 3.8) is 0 Å². The van der Waals surface area contributed by atoms with E-state index in [2.05, 4.69) is 15.1 Å². The van der Waals surface area contributed by atoms with Gasteiger partial charge in [-0.25, -0.2) is 9.97 Å². The summed E-state index contributed by atoms with van der Waals surface area (Å²) in [7, 11) is 0. The number of aromatic nitrogens is 4. The molecule has 4 aromatic rings. The summed E-state index contributed by atoms with van der Waals surface area (Å²) in [4.78, 5) is 23.6. The number of amides is 1. The van der Waals surface area contributed by atoms with Gasteiger partial charge in [0.1, 0.15) is 17.6 Å². The summed E-state index contributed by atoms with van der Waals surface area (Å²) in [6.45, 7) is 2.60. The Bertz CT molecular complexity index is 1200. The van der Waals surface area contributed by atoms with Crippen molar-refractivity contribution in [2.75, 3.05) is 13.1 Å². The second kappa shape index (κ2) is 7.38. The number of benzene rings is 1. The van der Waals surface area contributed by atoms with Gasteiger partial charge >= 0.3 is 0 Å². The largest absolute Gasteiger partial charge is 0.391 e. The molecule has 0 unspecified atom stereocenters. The summed E-state index contributed by atoms with van der Waals surface area (Å²) >= 11 is 0. The standard InChI is InChI=1S/C22H21N5O3/c1-14-7-18(30-25-14)8-16-11-26(12-20(16)28)22(29)15-9-19-21(23-10-15)27(13-24-19)17-5-3-2-4-6-17/h2-7,9-10,13,16,20,28H,8,11-12H2,1H3/t16-,20-/m1/s1. The van der Waals surface area contributed by atoms with Crippen molar-refractivity contribution in [1.29, 1.82) is 0 Å². The molecule has 0 radical (unpaired) electrons. The molecule has 0 aliphatic carbocycles. The van der Waals surface area contributed by atoms with Crippen LogP contribution in [0, 0.1) is 12.8 Å². The maximum atomic E-state index is 13.0. The summed E-state index contributed by atoms with van der Waals surface area (Å²) in [5.41, 5.74) is 3.57. The van der Waals surface area contributed by atoms with Gasteiger partial charge in [-0.2, -0.15) is 0 Å². The number of pyridine rings is 1. The average Bonchev–Trinajstić information content (AvgIpc) is 3.47. The molecule has 30 heavy (non-hydrogen) atoms. The molecule has 152 valence electrons. The minimum atomic E-state index is -0.603. The van der Waals surface area contributed by atoms with E-state index in [0.717, 1.165) is 17.1 Å². The summed E-state index contributed by atoms with van der Waals surface area (Å²) in [5, 5.41) is 14.3. The average molecular weight is 403 g/mol. The van der Waals surface area contributed by atoms with Crippen molar-refractivity contribution in [3.8, 4) is 5.69 Å². The van der Waals surface area contributed by atoms with Gasteiger partial charge in [0.2, 0.25) is 0 Å². The number of fused-ring (bicyclic) bond motifs is 1. The molecular weight excluding hydrogens is 382 g/mol. The number of carbonyl (C=O) groups excluding carboxylic acids is 1. The lowest BCUT2D eigenvalue weighted by molar-refractivity contribution is 0.0764. The number of nitrogens with zero attached hydrogens (tertiary/aromatic N) is 5. The number of hydrogen-bond acceptors (Lipinski definition) is 6. The molecule has 8 heteroatoms. The van der Waals surface area contributed by atoms with Crippen LogP contribution in [-0.2, 0) is 6.42 Å². The third kappa shape index (κ3) is 3.35. The fourth-order valence-corrected chi connectivity index (χ4v) is 3.97. The van der Waals surface area contributed by atoms with Gasteiger partial charge in [-0.1, -0.05) is 23.4 Å². The second-order valence-electron chi connectivity index (χ2n) is 7.69. The molecule has 1 fully saturated rings. The van der Waals surface area contributed by atoms with E-state index >= 15 is 0 Å². The lowest BCUT2D eigenvalue weighted by atomic mass is 10.0. The van der Waals surface area contributed by atoms with Crippen molar-refractivity contribution in [1.82, 2.24) is 24.6 Å². The number of rotatable bonds is 4.